The first-order valence-corrected chi connectivity index (χ1v) is 10.4. The normalized spacial score (nSPS) is 14.9. The van der Waals surface area contributed by atoms with Gasteiger partial charge in [0.1, 0.15) is 5.76 Å². The summed E-state index contributed by atoms with van der Waals surface area (Å²) in [5.74, 6) is 0.248. The van der Waals surface area contributed by atoms with Gasteiger partial charge in [-0.3, -0.25) is 9.59 Å². The number of sulfonamides is 1. The van der Waals surface area contributed by atoms with Crippen molar-refractivity contribution in [2.45, 2.75) is 25.3 Å². The summed E-state index contributed by atoms with van der Waals surface area (Å²) in [6.07, 6.45) is 1.47. The molecule has 1 aliphatic heterocycles. The number of rotatable bonds is 5. The van der Waals surface area contributed by atoms with E-state index in [2.05, 4.69) is 4.72 Å². The summed E-state index contributed by atoms with van der Waals surface area (Å²) in [6.45, 7) is 5.10. The molecule has 0 spiro atoms. The Morgan fingerprint density at radius 1 is 1.11 bits per heavy atom. The molecule has 2 heterocycles. The molecule has 3 rings (SSSR count). The number of carbonyl (C=O) groups excluding carboxylic acids is 2. The lowest BCUT2D eigenvalue weighted by Gasteiger charge is -2.34. The first-order chi connectivity index (χ1) is 13.3. The summed E-state index contributed by atoms with van der Waals surface area (Å²) in [5, 5.41) is 0. The molecular weight excluding hydrogens is 382 g/mol. The van der Waals surface area contributed by atoms with Gasteiger partial charge in [-0.2, -0.15) is 0 Å². The fraction of sp³-hybridized carbons (Fsp3) is 0.368. The maximum Gasteiger partial charge on any atom is 0.254 e. The van der Waals surface area contributed by atoms with E-state index < -0.39 is 10.0 Å². The van der Waals surface area contributed by atoms with Crippen LogP contribution >= 0.6 is 0 Å². The van der Waals surface area contributed by atoms with Crippen molar-refractivity contribution in [2.75, 3.05) is 26.2 Å². The average molecular weight is 405 g/mol. The highest BCUT2D eigenvalue weighted by atomic mass is 32.2. The minimum absolute atomic E-state index is 0.0148. The number of amides is 2. The van der Waals surface area contributed by atoms with Gasteiger partial charge in [-0.05, 0) is 36.8 Å². The van der Waals surface area contributed by atoms with Crippen LogP contribution in [0, 0.1) is 6.92 Å². The molecule has 150 valence electrons. The fourth-order valence-electron chi connectivity index (χ4n) is 3.06. The topological polar surface area (TPSA) is 99.9 Å². The van der Waals surface area contributed by atoms with Crippen molar-refractivity contribution in [1.29, 1.82) is 0 Å². The van der Waals surface area contributed by atoms with Gasteiger partial charge in [0.25, 0.3) is 5.91 Å². The van der Waals surface area contributed by atoms with Crippen LogP contribution in [0.2, 0.25) is 0 Å². The summed E-state index contributed by atoms with van der Waals surface area (Å²) in [6, 6.07) is 7.86. The quantitative estimate of drug-likeness (QED) is 0.810. The molecule has 0 saturated carbocycles. The second-order valence-electron chi connectivity index (χ2n) is 6.68. The van der Waals surface area contributed by atoms with Crippen LogP contribution in [0.1, 0.15) is 28.6 Å². The highest BCUT2D eigenvalue weighted by Crippen LogP contribution is 2.19. The van der Waals surface area contributed by atoms with Crippen molar-refractivity contribution in [2.24, 2.45) is 0 Å². The Morgan fingerprint density at radius 3 is 2.39 bits per heavy atom. The van der Waals surface area contributed by atoms with E-state index in [0.29, 0.717) is 43.1 Å². The molecule has 9 heteroatoms. The Bertz CT molecular complexity index is 961. The Kier molecular flexibility index (Phi) is 5.85. The summed E-state index contributed by atoms with van der Waals surface area (Å²) in [5.41, 5.74) is 1.04. The molecule has 0 aliphatic carbocycles. The van der Waals surface area contributed by atoms with Crippen molar-refractivity contribution in [1.82, 2.24) is 14.5 Å². The fourth-order valence-corrected chi connectivity index (χ4v) is 4.08. The molecule has 0 radical (unpaired) electrons. The molecule has 1 aromatic carbocycles. The largest absolute Gasteiger partial charge is 0.468 e. The predicted octanol–water partition coefficient (Wildman–Crippen LogP) is 1.37. The van der Waals surface area contributed by atoms with E-state index >= 15 is 0 Å². The summed E-state index contributed by atoms with van der Waals surface area (Å²) < 4.78 is 32.8. The number of nitrogens with one attached hydrogen (secondary N) is 1. The lowest BCUT2D eigenvalue weighted by atomic mass is 10.1. The zero-order chi connectivity index (χ0) is 20.3. The monoisotopic (exact) mass is 405 g/mol. The maximum absolute atomic E-state index is 12.9. The van der Waals surface area contributed by atoms with Crippen LogP contribution in [0.5, 0.6) is 0 Å². The van der Waals surface area contributed by atoms with E-state index in [4.69, 9.17) is 4.42 Å². The molecule has 8 nitrogen and oxygen atoms in total. The van der Waals surface area contributed by atoms with Crippen molar-refractivity contribution in [3.05, 3.63) is 53.5 Å². The third kappa shape index (κ3) is 4.42. The Morgan fingerprint density at radius 2 is 1.79 bits per heavy atom. The van der Waals surface area contributed by atoms with E-state index in [9.17, 15) is 18.0 Å². The third-order valence-corrected chi connectivity index (χ3v) is 6.18. The molecular formula is C19H23N3O5S. The van der Waals surface area contributed by atoms with Gasteiger partial charge in [0.05, 0.1) is 17.7 Å². The molecule has 1 aliphatic rings. The second kappa shape index (κ2) is 8.15. The lowest BCUT2D eigenvalue weighted by Crippen LogP contribution is -2.50. The highest BCUT2D eigenvalue weighted by molar-refractivity contribution is 7.89. The van der Waals surface area contributed by atoms with Crippen LogP contribution in [-0.4, -0.2) is 56.2 Å². The van der Waals surface area contributed by atoms with E-state index in [1.54, 1.807) is 34.9 Å². The number of hydrogen-bond acceptors (Lipinski definition) is 5. The van der Waals surface area contributed by atoms with Gasteiger partial charge in [-0.25, -0.2) is 13.1 Å². The SMILES string of the molecule is CC(=O)N1CCN(C(=O)c2cc(S(=O)(=O)NCc3ccco3)ccc2C)CC1. The minimum Gasteiger partial charge on any atom is -0.468 e. The van der Waals surface area contributed by atoms with E-state index in [1.807, 2.05) is 0 Å². The van der Waals surface area contributed by atoms with Crippen molar-refractivity contribution in [3.8, 4) is 0 Å². The van der Waals surface area contributed by atoms with Gasteiger partial charge >= 0.3 is 0 Å². The number of hydrogen-bond donors (Lipinski definition) is 1. The van der Waals surface area contributed by atoms with Crippen molar-refractivity contribution >= 4 is 21.8 Å². The first-order valence-electron chi connectivity index (χ1n) is 8.95. The maximum atomic E-state index is 12.9. The zero-order valence-electron chi connectivity index (χ0n) is 15.8. The summed E-state index contributed by atoms with van der Waals surface area (Å²) >= 11 is 0. The Hall–Kier alpha value is -2.65. The van der Waals surface area contributed by atoms with Gasteiger partial charge in [0, 0.05) is 38.7 Å². The molecule has 1 N–H and O–H groups in total. The summed E-state index contributed by atoms with van der Waals surface area (Å²) in [7, 11) is -3.79. The predicted molar refractivity (Wildman–Crippen MR) is 102 cm³/mol. The molecule has 1 aromatic heterocycles. The van der Waals surface area contributed by atoms with Crippen molar-refractivity contribution < 1.29 is 22.4 Å². The van der Waals surface area contributed by atoms with E-state index in [-0.39, 0.29) is 23.3 Å². The Balaban J connectivity index is 1.75. The highest BCUT2D eigenvalue weighted by Gasteiger charge is 2.25. The minimum atomic E-state index is -3.79. The van der Waals surface area contributed by atoms with Gasteiger partial charge in [0.15, 0.2) is 0 Å². The number of aryl methyl sites for hydroxylation is 1. The molecule has 2 aromatic rings. The summed E-state index contributed by atoms with van der Waals surface area (Å²) in [4.78, 5) is 27.7. The zero-order valence-corrected chi connectivity index (χ0v) is 16.7. The molecule has 1 fully saturated rings. The van der Waals surface area contributed by atoms with Crippen LogP contribution in [0.4, 0.5) is 0 Å². The van der Waals surface area contributed by atoms with E-state index in [0.717, 1.165) is 0 Å². The number of benzene rings is 1. The number of furan rings is 1. The average Bonchev–Trinajstić information content (AvgIpc) is 3.20. The lowest BCUT2D eigenvalue weighted by molar-refractivity contribution is -0.130. The van der Waals surface area contributed by atoms with Crippen LogP contribution in [0.25, 0.3) is 0 Å². The second-order valence-corrected chi connectivity index (χ2v) is 8.45. The van der Waals surface area contributed by atoms with E-state index in [1.165, 1.54) is 25.3 Å². The van der Waals surface area contributed by atoms with Crippen LogP contribution in [-0.2, 0) is 21.4 Å². The molecule has 0 unspecified atom stereocenters. The molecule has 2 amide bonds. The van der Waals surface area contributed by atoms with Crippen LogP contribution in [0.15, 0.2) is 45.9 Å². The molecule has 28 heavy (non-hydrogen) atoms. The van der Waals surface area contributed by atoms with Crippen LogP contribution < -0.4 is 4.72 Å². The van der Waals surface area contributed by atoms with Crippen molar-refractivity contribution in [3.63, 3.8) is 0 Å². The van der Waals surface area contributed by atoms with Gasteiger partial charge in [-0.1, -0.05) is 6.07 Å². The molecule has 0 atom stereocenters. The molecule has 0 bridgehead atoms. The third-order valence-electron chi connectivity index (χ3n) is 4.78. The Labute approximate surface area is 164 Å². The van der Waals surface area contributed by atoms with Gasteiger partial charge in [-0.15, -0.1) is 0 Å². The molecule has 1 saturated heterocycles. The van der Waals surface area contributed by atoms with Gasteiger partial charge < -0.3 is 14.2 Å². The van der Waals surface area contributed by atoms with Crippen LogP contribution in [0.3, 0.4) is 0 Å². The van der Waals surface area contributed by atoms with Gasteiger partial charge in [0.2, 0.25) is 15.9 Å². The number of nitrogens with zero attached hydrogens (tertiary/aromatic N) is 2. The smallest absolute Gasteiger partial charge is 0.254 e. The standard InChI is InChI=1S/C19H23N3O5S/c1-14-5-6-17(28(25,26)20-13-16-4-3-11-27-16)12-18(14)19(24)22-9-7-21(8-10-22)15(2)23/h3-6,11-12,20H,7-10,13H2,1-2H3. The number of carbonyl (C=O) groups is 2. The number of piperazine rings is 1. The first kappa shape index (κ1) is 20.1.